The zero-order valence-corrected chi connectivity index (χ0v) is 10.5. The number of hydrogen-bond acceptors (Lipinski definition) is 4. The van der Waals surface area contributed by atoms with Crippen molar-refractivity contribution < 1.29 is 4.79 Å². The molecule has 18 heavy (non-hydrogen) atoms. The van der Waals surface area contributed by atoms with Crippen LogP contribution in [0.3, 0.4) is 0 Å². The highest BCUT2D eigenvalue weighted by Crippen LogP contribution is 2.10. The highest BCUT2D eigenvalue weighted by molar-refractivity contribution is 5.95. The Hall–Kier alpha value is -1.93. The van der Waals surface area contributed by atoms with Crippen LogP contribution in [0.2, 0.25) is 0 Å². The van der Waals surface area contributed by atoms with E-state index in [0.29, 0.717) is 25.2 Å². The molecule has 1 aliphatic heterocycles. The molecule has 5 nitrogen and oxygen atoms in total. The summed E-state index contributed by atoms with van der Waals surface area (Å²) in [6.07, 6.45) is 1.69. The maximum Gasteiger partial charge on any atom is 0.255 e. The molecule has 94 valence electrons. The molecular weight excluding hydrogens is 228 g/mol. The quantitative estimate of drug-likeness (QED) is 0.717. The summed E-state index contributed by atoms with van der Waals surface area (Å²) >= 11 is 0. The van der Waals surface area contributed by atoms with Crippen molar-refractivity contribution in [1.82, 2.24) is 14.8 Å². The zero-order chi connectivity index (χ0) is 13.0. The fraction of sp³-hybridized carbons (Fsp3) is 0.462. The van der Waals surface area contributed by atoms with Gasteiger partial charge in [-0.2, -0.15) is 5.26 Å². The number of carbonyl (C=O) groups is 1. The second-order valence-electron chi connectivity index (χ2n) is 4.36. The van der Waals surface area contributed by atoms with Crippen molar-refractivity contribution >= 4 is 5.91 Å². The Labute approximate surface area is 107 Å². The number of hydrogen-bond donors (Lipinski definition) is 0. The van der Waals surface area contributed by atoms with Gasteiger partial charge in [0.2, 0.25) is 0 Å². The van der Waals surface area contributed by atoms with Crippen LogP contribution in [0.1, 0.15) is 16.1 Å². The van der Waals surface area contributed by atoms with Gasteiger partial charge in [0.1, 0.15) is 0 Å². The van der Waals surface area contributed by atoms with Crippen LogP contribution in [0, 0.1) is 18.3 Å². The smallest absolute Gasteiger partial charge is 0.255 e. The summed E-state index contributed by atoms with van der Waals surface area (Å²) in [6.45, 7) is 5.16. The lowest BCUT2D eigenvalue weighted by Crippen LogP contribution is -2.48. The summed E-state index contributed by atoms with van der Waals surface area (Å²) in [5, 5.41) is 8.63. The molecule has 0 N–H and O–H groups in total. The average molecular weight is 244 g/mol. The van der Waals surface area contributed by atoms with E-state index < -0.39 is 0 Å². The molecule has 0 atom stereocenters. The van der Waals surface area contributed by atoms with E-state index in [-0.39, 0.29) is 5.91 Å². The third-order valence-electron chi connectivity index (χ3n) is 3.19. The first-order chi connectivity index (χ1) is 8.72. The van der Waals surface area contributed by atoms with Crippen molar-refractivity contribution in [2.45, 2.75) is 6.92 Å². The molecule has 5 heteroatoms. The molecule has 1 aromatic rings. The maximum absolute atomic E-state index is 12.3. The second kappa shape index (κ2) is 5.61. The lowest BCUT2D eigenvalue weighted by atomic mass is 10.1. The summed E-state index contributed by atoms with van der Waals surface area (Å²) in [5.41, 5.74) is 1.44. The normalized spacial score (nSPS) is 16.3. The molecule has 0 aromatic carbocycles. The molecule has 0 unspecified atom stereocenters. The molecule has 0 radical (unpaired) electrons. The summed E-state index contributed by atoms with van der Waals surface area (Å²) in [7, 11) is 0. The highest BCUT2D eigenvalue weighted by Gasteiger charge is 2.22. The molecule has 0 saturated carbocycles. The van der Waals surface area contributed by atoms with Crippen molar-refractivity contribution in [1.29, 1.82) is 5.26 Å². The van der Waals surface area contributed by atoms with Crippen LogP contribution in [0.5, 0.6) is 0 Å². The number of aryl methyl sites for hydroxylation is 1. The molecule has 2 heterocycles. The minimum atomic E-state index is 0.0391. The monoisotopic (exact) mass is 244 g/mol. The Bertz CT molecular complexity index is 472. The van der Waals surface area contributed by atoms with Gasteiger partial charge >= 0.3 is 0 Å². The number of amides is 1. The molecular formula is C13H16N4O. The number of aromatic nitrogens is 1. The molecule has 0 spiro atoms. The standard InChI is InChI=1S/C13H16N4O/c1-11-12(3-2-5-15-11)13(18)17-9-7-16(6-4-14)8-10-17/h2-3,5H,6-10H2,1H3. The predicted octanol–water partition coefficient (Wildman–Crippen LogP) is 0.671. The van der Waals surface area contributed by atoms with Crippen molar-refractivity contribution in [2.75, 3.05) is 32.7 Å². The van der Waals surface area contributed by atoms with E-state index in [1.807, 2.05) is 17.9 Å². The number of pyridine rings is 1. The third-order valence-corrected chi connectivity index (χ3v) is 3.19. The Morgan fingerprint density at radius 3 is 2.78 bits per heavy atom. The molecule has 2 rings (SSSR count). The van der Waals surface area contributed by atoms with Crippen molar-refractivity contribution in [3.05, 3.63) is 29.6 Å². The number of rotatable bonds is 2. The molecule has 1 aromatic heterocycles. The highest BCUT2D eigenvalue weighted by atomic mass is 16.2. The number of carbonyl (C=O) groups excluding carboxylic acids is 1. The topological polar surface area (TPSA) is 60.2 Å². The van der Waals surface area contributed by atoms with Crippen LogP contribution in [0.15, 0.2) is 18.3 Å². The van der Waals surface area contributed by atoms with Crippen molar-refractivity contribution in [2.24, 2.45) is 0 Å². The van der Waals surface area contributed by atoms with Gasteiger partial charge in [-0.25, -0.2) is 0 Å². The second-order valence-corrected chi connectivity index (χ2v) is 4.36. The minimum Gasteiger partial charge on any atom is -0.336 e. The fourth-order valence-corrected chi connectivity index (χ4v) is 2.09. The molecule has 1 amide bonds. The van der Waals surface area contributed by atoms with Gasteiger partial charge in [-0.3, -0.25) is 14.7 Å². The fourth-order valence-electron chi connectivity index (χ4n) is 2.09. The Balaban J connectivity index is 2.00. The van der Waals surface area contributed by atoms with Crippen LogP contribution < -0.4 is 0 Å². The number of nitrogens with zero attached hydrogens (tertiary/aromatic N) is 4. The van der Waals surface area contributed by atoms with Gasteiger partial charge in [-0.05, 0) is 19.1 Å². The van der Waals surface area contributed by atoms with Gasteiger partial charge in [-0.15, -0.1) is 0 Å². The lowest BCUT2D eigenvalue weighted by Gasteiger charge is -2.33. The summed E-state index contributed by atoms with van der Waals surface area (Å²) in [5.74, 6) is 0.0391. The van der Waals surface area contributed by atoms with E-state index in [9.17, 15) is 4.79 Å². The van der Waals surface area contributed by atoms with Crippen LogP contribution in [-0.4, -0.2) is 53.4 Å². The SMILES string of the molecule is Cc1ncccc1C(=O)N1CCN(CC#N)CC1. The van der Waals surface area contributed by atoms with Gasteiger partial charge in [0.15, 0.2) is 0 Å². The van der Waals surface area contributed by atoms with Gasteiger partial charge in [0.05, 0.1) is 18.2 Å². The van der Waals surface area contributed by atoms with Crippen LogP contribution in [0.4, 0.5) is 0 Å². The first-order valence-electron chi connectivity index (χ1n) is 6.02. The van der Waals surface area contributed by atoms with E-state index in [4.69, 9.17) is 5.26 Å². The zero-order valence-electron chi connectivity index (χ0n) is 10.5. The Kier molecular flexibility index (Phi) is 3.90. The third kappa shape index (κ3) is 2.66. The molecule has 1 saturated heterocycles. The van der Waals surface area contributed by atoms with Gasteiger partial charge < -0.3 is 4.90 Å². The predicted molar refractivity (Wildman–Crippen MR) is 66.9 cm³/mol. The van der Waals surface area contributed by atoms with Crippen molar-refractivity contribution in [3.8, 4) is 6.07 Å². The van der Waals surface area contributed by atoms with Crippen LogP contribution in [-0.2, 0) is 0 Å². The van der Waals surface area contributed by atoms with Gasteiger partial charge in [0.25, 0.3) is 5.91 Å². The first-order valence-corrected chi connectivity index (χ1v) is 6.02. The molecule has 1 fully saturated rings. The Morgan fingerprint density at radius 2 is 2.17 bits per heavy atom. The molecule has 0 bridgehead atoms. The van der Waals surface area contributed by atoms with E-state index >= 15 is 0 Å². The summed E-state index contributed by atoms with van der Waals surface area (Å²) in [6, 6.07) is 5.73. The average Bonchev–Trinajstić information content (AvgIpc) is 2.40. The minimum absolute atomic E-state index is 0.0391. The van der Waals surface area contributed by atoms with Gasteiger partial charge in [0, 0.05) is 38.1 Å². The number of nitriles is 1. The Morgan fingerprint density at radius 1 is 1.44 bits per heavy atom. The maximum atomic E-state index is 12.3. The van der Waals surface area contributed by atoms with E-state index in [1.165, 1.54) is 0 Å². The molecule has 1 aliphatic rings. The van der Waals surface area contributed by atoms with E-state index in [0.717, 1.165) is 18.8 Å². The van der Waals surface area contributed by atoms with E-state index in [2.05, 4.69) is 16.0 Å². The van der Waals surface area contributed by atoms with E-state index in [1.54, 1.807) is 12.3 Å². The van der Waals surface area contributed by atoms with Crippen LogP contribution in [0.25, 0.3) is 0 Å². The lowest BCUT2D eigenvalue weighted by molar-refractivity contribution is 0.0650. The first kappa shape index (κ1) is 12.5. The largest absolute Gasteiger partial charge is 0.336 e. The summed E-state index contributed by atoms with van der Waals surface area (Å²) in [4.78, 5) is 20.3. The number of piperazine rings is 1. The van der Waals surface area contributed by atoms with Crippen molar-refractivity contribution in [3.63, 3.8) is 0 Å². The van der Waals surface area contributed by atoms with Crippen LogP contribution >= 0.6 is 0 Å². The summed E-state index contributed by atoms with van der Waals surface area (Å²) < 4.78 is 0. The molecule has 0 aliphatic carbocycles. The van der Waals surface area contributed by atoms with Gasteiger partial charge in [-0.1, -0.05) is 0 Å².